The van der Waals surface area contributed by atoms with Crippen LogP contribution in [-0.4, -0.2) is 72.9 Å². The highest BCUT2D eigenvalue weighted by atomic mass is 32.2. The number of carboxylic acids is 1. The molecule has 4 N–H and O–H groups in total. The van der Waals surface area contributed by atoms with E-state index in [2.05, 4.69) is 5.43 Å². The Labute approximate surface area is 190 Å². The Balaban J connectivity index is 1.55. The van der Waals surface area contributed by atoms with Crippen LogP contribution in [0, 0.1) is 0 Å². The number of rotatable bonds is 8. The number of aliphatic carboxylic acids is 1. The smallest absolute Gasteiger partial charge is 0.426 e. The maximum Gasteiger partial charge on any atom is 0.426 e. The summed E-state index contributed by atoms with van der Waals surface area (Å²) in [5.74, 6) is -1.55. The standard InChI is InChI=1S/C19H23N3O10S/c1-10-5-15(24)22(10)16(17(25)26)19(2,33(28)29)8-30-18(27)21-20-14(23)7-11-3-4-12-13(6-11)32-9-31-12/h3-4,6,10,16H,5,7-9H2,1-2H3,(H,20,23)(H,21,27)(H,25,26)(H,28,29)/t10-,16+,19+/m1/s1. The molecule has 180 valence electrons. The van der Waals surface area contributed by atoms with Gasteiger partial charge in [-0.15, -0.1) is 0 Å². The Morgan fingerprint density at radius 3 is 2.61 bits per heavy atom. The molecule has 1 aromatic rings. The number of β-lactam (4-membered cyclic amide) rings is 1. The minimum absolute atomic E-state index is 0.0868. The van der Waals surface area contributed by atoms with Crippen molar-refractivity contribution in [3.8, 4) is 11.5 Å². The van der Waals surface area contributed by atoms with Crippen LogP contribution < -0.4 is 20.3 Å². The van der Waals surface area contributed by atoms with Crippen molar-refractivity contribution in [2.45, 2.75) is 43.5 Å². The lowest BCUT2D eigenvalue weighted by Gasteiger charge is -2.47. The van der Waals surface area contributed by atoms with E-state index in [1.807, 2.05) is 5.43 Å². The highest BCUT2D eigenvalue weighted by Crippen LogP contribution is 2.33. The number of benzene rings is 1. The fourth-order valence-electron chi connectivity index (χ4n) is 3.53. The number of carbonyl (C=O) groups excluding carboxylic acids is 3. The normalized spacial score (nSPS) is 20.2. The van der Waals surface area contributed by atoms with Gasteiger partial charge in [0.05, 0.1) is 6.42 Å². The number of carboxylic acid groups (broad SMARTS) is 1. The van der Waals surface area contributed by atoms with E-state index in [1.54, 1.807) is 25.1 Å². The summed E-state index contributed by atoms with van der Waals surface area (Å²) in [4.78, 5) is 48.7. The quantitative estimate of drug-likeness (QED) is 0.218. The van der Waals surface area contributed by atoms with E-state index >= 15 is 0 Å². The maximum absolute atomic E-state index is 12.1. The molecule has 0 radical (unpaired) electrons. The third-order valence-corrected chi connectivity index (χ3v) is 6.46. The Morgan fingerprint density at radius 2 is 2.00 bits per heavy atom. The van der Waals surface area contributed by atoms with Crippen molar-refractivity contribution in [1.29, 1.82) is 0 Å². The van der Waals surface area contributed by atoms with Gasteiger partial charge in [0.1, 0.15) is 11.4 Å². The van der Waals surface area contributed by atoms with Gasteiger partial charge < -0.3 is 28.8 Å². The molecule has 14 heteroatoms. The summed E-state index contributed by atoms with van der Waals surface area (Å²) < 4.78 is 35.0. The number of carbonyl (C=O) groups is 4. The Morgan fingerprint density at radius 1 is 1.30 bits per heavy atom. The first kappa shape index (κ1) is 24.3. The monoisotopic (exact) mass is 485 g/mol. The average molecular weight is 485 g/mol. The first-order valence-electron chi connectivity index (χ1n) is 9.78. The highest BCUT2D eigenvalue weighted by molar-refractivity contribution is 7.80. The SMILES string of the molecule is C[C@@H]1CC(=O)N1[C@@H](C(=O)O)[C@](C)(COC(=O)NNC(=O)Cc1ccc2c(c1)OCO2)S(=O)O. The fraction of sp³-hybridized carbons (Fsp3) is 0.474. The van der Waals surface area contributed by atoms with Crippen LogP contribution in [0.25, 0.3) is 0 Å². The number of ether oxygens (including phenoxy) is 3. The van der Waals surface area contributed by atoms with Crippen LogP contribution in [0.4, 0.5) is 4.79 Å². The van der Waals surface area contributed by atoms with E-state index in [-0.39, 0.29) is 19.6 Å². The summed E-state index contributed by atoms with van der Waals surface area (Å²) in [6.07, 6.45) is -1.18. The molecule has 3 rings (SSSR count). The first-order chi connectivity index (χ1) is 15.5. The molecule has 1 unspecified atom stereocenters. The lowest BCUT2D eigenvalue weighted by Crippen LogP contribution is -2.68. The summed E-state index contributed by atoms with van der Waals surface area (Å²) in [5, 5.41) is 9.60. The molecule has 2 aliphatic heterocycles. The van der Waals surface area contributed by atoms with Gasteiger partial charge in [0.15, 0.2) is 28.6 Å². The van der Waals surface area contributed by atoms with E-state index in [9.17, 15) is 33.0 Å². The predicted octanol–water partition coefficient (Wildman–Crippen LogP) is -0.230. The summed E-state index contributed by atoms with van der Waals surface area (Å²) in [5.41, 5.74) is 4.70. The van der Waals surface area contributed by atoms with E-state index in [0.29, 0.717) is 17.1 Å². The van der Waals surface area contributed by atoms with E-state index in [4.69, 9.17) is 14.2 Å². The Bertz CT molecular complexity index is 1000. The van der Waals surface area contributed by atoms with Gasteiger partial charge in [-0.1, -0.05) is 6.07 Å². The minimum Gasteiger partial charge on any atom is -0.480 e. The Kier molecular flexibility index (Phi) is 7.07. The van der Waals surface area contributed by atoms with Gasteiger partial charge in [-0.05, 0) is 31.5 Å². The second-order valence-electron chi connectivity index (χ2n) is 7.77. The molecule has 0 aliphatic carbocycles. The van der Waals surface area contributed by atoms with Crippen LogP contribution in [0.15, 0.2) is 18.2 Å². The maximum atomic E-state index is 12.1. The zero-order chi connectivity index (χ0) is 24.3. The molecule has 3 amide bonds. The Hall–Kier alpha value is -3.39. The van der Waals surface area contributed by atoms with Gasteiger partial charge >= 0.3 is 12.1 Å². The van der Waals surface area contributed by atoms with Crippen molar-refractivity contribution in [2.24, 2.45) is 0 Å². The molecule has 0 saturated carbocycles. The number of hydrogen-bond donors (Lipinski definition) is 4. The van der Waals surface area contributed by atoms with Crippen molar-refractivity contribution in [3.63, 3.8) is 0 Å². The molecule has 2 heterocycles. The van der Waals surface area contributed by atoms with Crippen molar-refractivity contribution >= 4 is 35.0 Å². The molecule has 1 aromatic carbocycles. The molecule has 2 aliphatic rings. The molecular weight excluding hydrogens is 462 g/mol. The van der Waals surface area contributed by atoms with E-state index < -0.39 is 58.4 Å². The third-order valence-electron chi connectivity index (χ3n) is 5.32. The summed E-state index contributed by atoms with van der Waals surface area (Å²) in [6, 6.07) is 2.76. The highest BCUT2D eigenvalue weighted by Gasteiger charge is 2.54. The van der Waals surface area contributed by atoms with Crippen molar-refractivity contribution < 1.29 is 47.3 Å². The van der Waals surface area contributed by atoms with Crippen molar-refractivity contribution in [2.75, 3.05) is 13.4 Å². The lowest BCUT2D eigenvalue weighted by atomic mass is 9.92. The van der Waals surface area contributed by atoms with Crippen LogP contribution >= 0.6 is 0 Å². The molecule has 0 spiro atoms. The van der Waals surface area contributed by atoms with E-state index in [1.165, 1.54) is 0 Å². The fourth-order valence-corrected chi connectivity index (χ4v) is 4.10. The van der Waals surface area contributed by atoms with Crippen molar-refractivity contribution in [3.05, 3.63) is 23.8 Å². The van der Waals surface area contributed by atoms with Crippen LogP contribution in [0.3, 0.4) is 0 Å². The number of nitrogens with zero attached hydrogens (tertiary/aromatic N) is 1. The number of hydrazine groups is 1. The van der Waals surface area contributed by atoms with Crippen molar-refractivity contribution in [1.82, 2.24) is 15.8 Å². The van der Waals surface area contributed by atoms with Gasteiger partial charge in [-0.25, -0.2) is 19.2 Å². The summed E-state index contributed by atoms with van der Waals surface area (Å²) in [7, 11) is 0. The second kappa shape index (κ2) is 9.62. The van der Waals surface area contributed by atoms with Gasteiger partial charge in [0, 0.05) is 12.5 Å². The minimum atomic E-state index is -2.78. The van der Waals surface area contributed by atoms with Crippen LogP contribution in [0.2, 0.25) is 0 Å². The van der Waals surface area contributed by atoms with E-state index in [0.717, 1.165) is 11.8 Å². The molecule has 0 aromatic heterocycles. The van der Waals surface area contributed by atoms with Crippen LogP contribution in [0.1, 0.15) is 25.8 Å². The topological polar surface area (TPSA) is 181 Å². The van der Waals surface area contributed by atoms with Crippen LogP contribution in [-0.2, 0) is 36.6 Å². The third kappa shape index (κ3) is 5.17. The van der Waals surface area contributed by atoms with Crippen LogP contribution in [0.5, 0.6) is 11.5 Å². The summed E-state index contributed by atoms with van der Waals surface area (Å²) >= 11 is -2.78. The predicted molar refractivity (Wildman–Crippen MR) is 110 cm³/mol. The summed E-state index contributed by atoms with van der Waals surface area (Å²) in [6.45, 7) is 1.99. The molecule has 0 bridgehead atoms. The number of amides is 3. The number of nitrogens with one attached hydrogen (secondary N) is 2. The molecule has 1 saturated heterocycles. The lowest BCUT2D eigenvalue weighted by molar-refractivity contribution is -0.163. The molecule has 13 nitrogen and oxygen atoms in total. The van der Waals surface area contributed by atoms with Gasteiger partial charge in [-0.3, -0.25) is 15.0 Å². The molecule has 4 atom stereocenters. The first-order valence-corrected chi connectivity index (χ1v) is 10.9. The number of hydrogen-bond acceptors (Lipinski definition) is 8. The molecular formula is C19H23N3O10S. The number of fused-ring (bicyclic) bond motifs is 1. The van der Waals surface area contributed by atoms with Gasteiger partial charge in [-0.2, -0.15) is 0 Å². The molecule has 1 fully saturated rings. The largest absolute Gasteiger partial charge is 0.480 e. The second-order valence-corrected chi connectivity index (χ2v) is 9.20. The molecule has 33 heavy (non-hydrogen) atoms. The zero-order valence-corrected chi connectivity index (χ0v) is 18.5. The number of likely N-dealkylation sites (tertiary alicyclic amines) is 1. The van der Waals surface area contributed by atoms with Gasteiger partial charge in [0.25, 0.3) is 0 Å². The average Bonchev–Trinajstić information content (AvgIpc) is 3.21. The zero-order valence-electron chi connectivity index (χ0n) is 17.7. The van der Waals surface area contributed by atoms with Gasteiger partial charge in [0.2, 0.25) is 18.6 Å².